The number of hydrogen-bond acceptors (Lipinski definition) is 5. The average Bonchev–Trinajstić information content (AvgIpc) is 2.45. The monoisotopic (exact) mass is 289 g/mol. The molecule has 1 fully saturated rings. The number of aryl methyl sites for hydroxylation is 1. The summed E-state index contributed by atoms with van der Waals surface area (Å²) in [6.45, 7) is 11.6. The minimum atomic E-state index is 0.789. The van der Waals surface area contributed by atoms with Crippen molar-refractivity contribution in [2.24, 2.45) is 0 Å². The average molecular weight is 289 g/mol. The number of rotatable bonds is 4. The molecule has 21 heavy (non-hydrogen) atoms. The Bertz CT molecular complexity index is 497. The summed E-state index contributed by atoms with van der Waals surface area (Å²) in [5.74, 6) is 1.84. The normalized spacial score (nSPS) is 16.0. The lowest BCUT2D eigenvalue weighted by molar-refractivity contribution is 0.283. The molecule has 2 heterocycles. The Morgan fingerprint density at radius 2 is 1.86 bits per heavy atom. The first-order chi connectivity index (χ1) is 9.95. The molecular weight excluding hydrogens is 262 g/mol. The second-order valence-electron chi connectivity index (χ2n) is 6.13. The SMILES string of the molecule is CC(C)=CCN1CCN(c2cc(C)nc(N(C)C)n2)CC1. The van der Waals surface area contributed by atoms with Gasteiger partial charge in [0.05, 0.1) is 0 Å². The second kappa shape index (κ2) is 6.89. The van der Waals surface area contributed by atoms with Crippen LogP contribution in [0.15, 0.2) is 17.7 Å². The maximum atomic E-state index is 4.67. The van der Waals surface area contributed by atoms with Gasteiger partial charge in [-0.1, -0.05) is 11.6 Å². The van der Waals surface area contributed by atoms with Gasteiger partial charge < -0.3 is 9.80 Å². The van der Waals surface area contributed by atoms with Gasteiger partial charge >= 0.3 is 0 Å². The lowest BCUT2D eigenvalue weighted by Crippen LogP contribution is -2.46. The maximum absolute atomic E-state index is 4.67. The van der Waals surface area contributed by atoms with Crippen LogP contribution in [0.2, 0.25) is 0 Å². The fourth-order valence-corrected chi connectivity index (χ4v) is 2.37. The Hall–Kier alpha value is -1.62. The van der Waals surface area contributed by atoms with Crippen LogP contribution in [0.25, 0.3) is 0 Å². The van der Waals surface area contributed by atoms with Crippen LogP contribution in [0.5, 0.6) is 0 Å². The van der Waals surface area contributed by atoms with E-state index in [1.165, 1.54) is 5.57 Å². The Balaban J connectivity index is 2.00. The van der Waals surface area contributed by atoms with Gasteiger partial charge in [0, 0.05) is 58.6 Å². The molecule has 0 N–H and O–H groups in total. The van der Waals surface area contributed by atoms with E-state index in [0.717, 1.165) is 50.2 Å². The van der Waals surface area contributed by atoms with Crippen molar-refractivity contribution in [2.75, 3.05) is 56.6 Å². The molecule has 1 aliphatic rings. The van der Waals surface area contributed by atoms with Crippen LogP contribution in [0.3, 0.4) is 0 Å². The summed E-state index contributed by atoms with van der Waals surface area (Å²) in [7, 11) is 3.96. The van der Waals surface area contributed by atoms with Gasteiger partial charge in [-0.25, -0.2) is 4.98 Å². The highest BCUT2D eigenvalue weighted by Crippen LogP contribution is 2.18. The van der Waals surface area contributed by atoms with Crippen molar-refractivity contribution in [3.63, 3.8) is 0 Å². The third-order valence-electron chi connectivity index (χ3n) is 3.68. The van der Waals surface area contributed by atoms with Crippen molar-refractivity contribution >= 4 is 11.8 Å². The number of aromatic nitrogens is 2. The molecule has 0 unspecified atom stereocenters. The van der Waals surface area contributed by atoms with E-state index in [0.29, 0.717) is 0 Å². The first kappa shape index (κ1) is 15.8. The van der Waals surface area contributed by atoms with Gasteiger partial charge in [-0.15, -0.1) is 0 Å². The smallest absolute Gasteiger partial charge is 0.226 e. The van der Waals surface area contributed by atoms with Crippen LogP contribution >= 0.6 is 0 Å². The van der Waals surface area contributed by atoms with Crippen molar-refractivity contribution in [3.8, 4) is 0 Å². The van der Waals surface area contributed by atoms with Crippen LogP contribution < -0.4 is 9.80 Å². The van der Waals surface area contributed by atoms with Crippen LogP contribution in [-0.4, -0.2) is 61.7 Å². The lowest BCUT2D eigenvalue weighted by Gasteiger charge is -2.35. The van der Waals surface area contributed by atoms with Crippen LogP contribution in [0.4, 0.5) is 11.8 Å². The third-order valence-corrected chi connectivity index (χ3v) is 3.68. The van der Waals surface area contributed by atoms with Gasteiger partial charge in [0.25, 0.3) is 0 Å². The third kappa shape index (κ3) is 4.43. The Kier molecular flexibility index (Phi) is 5.17. The topological polar surface area (TPSA) is 35.5 Å². The Morgan fingerprint density at radius 3 is 2.43 bits per heavy atom. The second-order valence-corrected chi connectivity index (χ2v) is 6.13. The van der Waals surface area contributed by atoms with Crippen molar-refractivity contribution in [1.29, 1.82) is 0 Å². The van der Waals surface area contributed by atoms with E-state index >= 15 is 0 Å². The molecule has 1 saturated heterocycles. The van der Waals surface area contributed by atoms with Gasteiger partial charge in [0.1, 0.15) is 5.82 Å². The zero-order chi connectivity index (χ0) is 15.4. The van der Waals surface area contributed by atoms with E-state index in [1.807, 2.05) is 25.9 Å². The molecule has 0 aliphatic carbocycles. The summed E-state index contributed by atoms with van der Waals surface area (Å²) < 4.78 is 0. The van der Waals surface area contributed by atoms with E-state index < -0.39 is 0 Å². The zero-order valence-electron chi connectivity index (χ0n) is 13.9. The molecule has 0 radical (unpaired) electrons. The number of nitrogens with zero attached hydrogens (tertiary/aromatic N) is 5. The molecule has 1 aromatic heterocycles. The van der Waals surface area contributed by atoms with E-state index in [-0.39, 0.29) is 0 Å². The minimum Gasteiger partial charge on any atom is -0.354 e. The summed E-state index contributed by atoms with van der Waals surface area (Å²) in [6, 6.07) is 2.08. The molecule has 0 saturated carbocycles. The lowest BCUT2D eigenvalue weighted by atomic mass is 10.2. The largest absolute Gasteiger partial charge is 0.354 e. The molecule has 5 nitrogen and oxygen atoms in total. The molecule has 5 heteroatoms. The summed E-state index contributed by atoms with van der Waals surface area (Å²) in [5.41, 5.74) is 2.41. The summed E-state index contributed by atoms with van der Waals surface area (Å²) in [5, 5.41) is 0. The van der Waals surface area contributed by atoms with Crippen molar-refractivity contribution < 1.29 is 0 Å². The molecule has 1 aliphatic heterocycles. The van der Waals surface area contributed by atoms with Crippen molar-refractivity contribution in [1.82, 2.24) is 14.9 Å². The standard InChI is InChI=1S/C16H27N5/c1-13(2)6-7-20-8-10-21(11-9-20)15-12-14(3)17-16(18-15)19(4)5/h6,12H,7-11H2,1-5H3. The molecule has 0 atom stereocenters. The van der Waals surface area contributed by atoms with Gasteiger partial charge in [0.15, 0.2) is 0 Å². The Labute approximate surface area is 128 Å². The van der Waals surface area contributed by atoms with E-state index in [9.17, 15) is 0 Å². The van der Waals surface area contributed by atoms with Gasteiger partial charge in [-0.3, -0.25) is 4.90 Å². The molecule has 116 valence electrons. The number of piperazine rings is 1. The highest BCUT2D eigenvalue weighted by molar-refractivity contribution is 5.45. The summed E-state index contributed by atoms with van der Waals surface area (Å²) in [4.78, 5) is 15.9. The quantitative estimate of drug-likeness (QED) is 0.792. The van der Waals surface area contributed by atoms with Gasteiger partial charge in [0.2, 0.25) is 5.95 Å². The van der Waals surface area contributed by atoms with Crippen LogP contribution in [0.1, 0.15) is 19.5 Å². The number of anilines is 2. The Morgan fingerprint density at radius 1 is 1.19 bits per heavy atom. The molecule has 0 aromatic carbocycles. The maximum Gasteiger partial charge on any atom is 0.226 e. The van der Waals surface area contributed by atoms with E-state index in [1.54, 1.807) is 0 Å². The van der Waals surface area contributed by atoms with E-state index in [2.05, 4.69) is 45.8 Å². The van der Waals surface area contributed by atoms with E-state index in [4.69, 9.17) is 0 Å². The number of hydrogen-bond donors (Lipinski definition) is 0. The first-order valence-corrected chi connectivity index (χ1v) is 7.59. The molecule has 2 rings (SSSR count). The highest BCUT2D eigenvalue weighted by Gasteiger charge is 2.18. The number of allylic oxidation sites excluding steroid dienone is 1. The molecular formula is C16H27N5. The highest BCUT2D eigenvalue weighted by atomic mass is 15.3. The van der Waals surface area contributed by atoms with Crippen molar-refractivity contribution in [2.45, 2.75) is 20.8 Å². The predicted octanol–water partition coefficient (Wildman–Crippen LogP) is 1.94. The fraction of sp³-hybridized carbons (Fsp3) is 0.625. The molecule has 0 spiro atoms. The molecule has 0 bridgehead atoms. The summed E-state index contributed by atoms with van der Waals surface area (Å²) in [6.07, 6.45) is 2.30. The molecule has 0 amide bonds. The van der Waals surface area contributed by atoms with Crippen molar-refractivity contribution in [3.05, 3.63) is 23.4 Å². The minimum absolute atomic E-state index is 0.789. The van der Waals surface area contributed by atoms with Crippen LogP contribution in [0, 0.1) is 6.92 Å². The van der Waals surface area contributed by atoms with Gasteiger partial charge in [-0.2, -0.15) is 4.98 Å². The molecule has 1 aromatic rings. The van der Waals surface area contributed by atoms with Crippen LogP contribution in [-0.2, 0) is 0 Å². The van der Waals surface area contributed by atoms with Gasteiger partial charge in [-0.05, 0) is 20.8 Å². The first-order valence-electron chi connectivity index (χ1n) is 7.59. The summed E-state index contributed by atoms with van der Waals surface area (Å²) >= 11 is 0. The predicted molar refractivity (Wildman–Crippen MR) is 89.2 cm³/mol. The zero-order valence-corrected chi connectivity index (χ0v) is 13.9. The fourth-order valence-electron chi connectivity index (χ4n) is 2.37.